The Morgan fingerprint density at radius 1 is 1.27 bits per heavy atom. The van der Waals surface area contributed by atoms with Crippen LogP contribution in [-0.2, 0) is 6.54 Å². The number of rotatable bonds is 4. The van der Waals surface area contributed by atoms with Gasteiger partial charge in [0.15, 0.2) is 0 Å². The predicted molar refractivity (Wildman–Crippen MR) is 90.4 cm³/mol. The van der Waals surface area contributed by atoms with Crippen LogP contribution in [0.2, 0.25) is 0 Å². The van der Waals surface area contributed by atoms with Crippen LogP contribution in [0.15, 0.2) is 30.3 Å². The molecule has 2 heterocycles. The van der Waals surface area contributed by atoms with Crippen LogP contribution in [0.3, 0.4) is 0 Å². The van der Waals surface area contributed by atoms with Crippen molar-refractivity contribution in [2.45, 2.75) is 32.9 Å². The summed E-state index contributed by atoms with van der Waals surface area (Å²) in [4.78, 5) is 4.89. The van der Waals surface area contributed by atoms with E-state index in [4.69, 9.17) is 0 Å². The van der Waals surface area contributed by atoms with Gasteiger partial charge in [0, 0.05) is 24.8 Å². The van der Waals surface area contributed by atoms with Crippen molar-refractivity contribution in [1.29, 1.82) is 0 Å². The molecule has 0 spiro atoms. The van der Waals surface area contributed by atoms with E-state index >= 15 is 0 Å². The molecule has 1 atom stereocenters. The second-order valence-corrected chi connectivity index (χ2v) is 6.63. The minimum absolute atomic E-state index is 0.669. The molecule has 0 radical (unpaired) electrons. The van der Waals surface area contributed by atoms with E-state index in [0.29, 0.717) is 6.04 Å². The van der Waals surface area contributed by atoms with Gasteiger partial charge in [0.25, 0.3) is 0 Å². The zero-order valence-electron chi connectivity index (χ0n) is 14.1. The van der Waals surface area contributed by atoms with E-state index in [0.717, 1.165) is 17.9 Å². The molecule has 1 aliphatic heterocycles. The third kappa shape index (κ3) is 3.23. The fourth-order valence-corrected chi connectivity index (χ4v) is 3.37. The third-order valence-electron chi connectivity index (χ3n) is 4.59. The van der Waals surface area contributed by atoms with Crippen molar-refractivity contribution in [3.63, 3.8) is 0 Å². The average Bonchev–Trinajstić information content (AvgIpc) is 3.05. The summed E-state index contributed by atoms with van der Waals surface area (Å²) in [5, 5.41) is 4.58. The van der Waals surface area contributed by atoms with Gasteiger partial charge in [-0.1, -0.05) is 12.1 Å². The van der Waals surface area contributed by atoms with E-state index in [-0.39, 0.29) is 0 Å². The average molecular weight is 298 g/mol. The van der Waals surface area contributed by atoms with Gasteiger partial charge in [-0.15, -0.1) is 0 Å². The van der Waals surface area contributed by atoms with Crippen molar-refractivity contribution in [2.75, 3.05) is 27.2 Å². The summed E-state index contributed by atoms with van der Waals surface area (Å²) in [6.45, 7) is 7.52. The molecule has 2 aromatic rings. The molecule has 4 nitrogen and oxygen atoms in total. The molecule has 22 heavy (non-hydrogen) atoms. The molecule has 4 heteroatoms. The number of likely N-dealkylation sites (N-methyl/N-ethyl adjacent to an activating group) is 2. The van der Waals surface area contributed by atoms with E-state index in [1.165, 1.54) is 30.8 Å². The van der Waals surface area contributed by atoms with Crippen LogP contribution in [0.25, 0.3) is 5.69 Å². The molecule has 1 aliphatic rings. The zero-order chi connectivity index (χ0) is 15.7. The van der Waals surface area contributed by atoms with Crippen LogP contribution >= 0.6 is 0 Å². The van der Waals surface area contributed by atoms with Crippen LogP contribution in [0.4, 0.5) is 0 Å². The molecule has 0 saturated carbocycles. The van der Waals surface area contributed by atoms with E-state index in [2.05, 4.69) is 66.2 Å². The van der Waals surface area contributed by atoms with Crippen molar-refractivity contribution in [3.05, 3.63) is 47.3 Å². The standard InChI is InChI=1S/C18H26N4/c1-14-10-15(2)22(19-14)17-7-5-6-16(11-17)12-21(4)18-8-9-20(3)13-18/h5-7,10-11,18H,8-9,12-13H2,1-4H3/t18-/m1/s1. The van der Waals surface area contributed by atoms with Gasteiger partial charge in [0.1, 0.15) is 0 Å². The Morgan fingerprint density at radius 2 is 2.09 bits per heavy atom. The van der Waals surface area contributed by atoms with Gasteiger partial charge in [-0.3, -0.25) is 4.90 Å². The van der Waals surface area contributed by atoms with Gasteiger partial charge < -0.3 is 4.90 Å². The van der Waals surface area contributed by atoms with Gasteiger partial charge in [0.05, 0.1) is 11.4 Å². The molecule has 1 fully saturated rings. The van der Waals surface area contributed by atoms with Crippen molar-refractivity contribution in [3.8, 4) is 5.69 Å². The van der Waals surface area contributed by atoms with Gasteiger partial charge in [-0.05, 0) is 64.7 Å². The molecular formula is C18H26N4. The Bertz CT molecular complexity index is 646. The fourth-order valence-electron chi connectivity index (χ4n) is 3.37. The van der Waals surface area contributed by atoms with Crippen molar-refractivity contribution in [2.24, 2.45) is 0 Å². The molecule has 0 aliphatic carbocycles. The number of likely N-dealkylation sites (tertiary alicyclic amines) is 1. The molecular weight excluding hydrogens is 272 g/mol. The predicted octanol–water partition coefficient (Wildman–Crippen LogP) is 2.63. The van der Waals surface area contributed by atoms with Crippen molar-refractivity contribution >= 4 is 0 Å². The van der Waals surface area contributed by atoms with Crippen LogP contribution in [0.1, 0.15) is 23.4 Å². The smallest absolute Gasteiger partial charge is 0.0651 e. The van der Waals surface area contributed by atoms with Gasteiger partial charge >= 0.3 is 0 Å². The van der Waals surface area contributed by atoms with E-state index < -0.39 is 0 Å². The Labute approximate surface area is 133 Å². The summed E-state index contributed by atoms with van der Waals surface area (Å²) in [7, 11) is 4.44. The minimum Gasteiger partial charge on any atom is -0.305 e. The summed E-state index contributed by atoms with van der Waals surface area (Å²) in [6.07, 6.45) is 1.27. The highest BCUT2D eigenvalue weighted by Gasteiger charge is 2.23. The highest BCUT2D eigenvalue weighted by molar-refractivity contribution is 5.37. The number of nitrogens with zero attached hydrogens (tertiary/aromatic N) is 4. The minimum atomic E-state index is 0.669. The Balaban J connectivity index is 1.75. The molecule has 0 amide bonds. The Morgan fingerprint density at radius 3 is 2.73 bits per heavy atom. The molecule has 0 unspecified atom stereocenters. The fraction of sp³-hybridized carbons (Fsp3) is 0.500. The van der Waals surface area contributed by atoms with E-state index in [1.54, 1.807) is 0 Å². The quantitative estimate of drug-likeness (QED) is 0.867. The van der Waals surface area contributed by atoms with Crippen LogP contribution in [0, 0.1) is 13.8 Å². The molecule has 0 bridgehead atoms. The maximum absolute atomic E-state index is 4.58. The van der Waals surface area contributed by atoms with Gasteiger partial charge in [-0.2, -0.15) is 5.10 Å². The number of hydrogen-bond donors (Lipinski definition) is 0. The molecule has 1 aromatic carbocycles. The van der Waals surface area contributed by atoms with Crippen molar-refractivity contribution in [1.82, 2.24) is 19.6 Å². The lowest BCUT2D eigenvalue weighted by Crippen LogP contribution is -2.33. The first-order chi connectivity index (χ1) is 10.5. The summed E-state index contributed by atoms with van der Waals surface area (Å²) in [6, 6.07) is 11.5. The molecule has 3 rings (SSSR count). The first-order valence-corrected chi connectivity index (χ1v) is 8.04. The van der Waals surface area contributed by atoms with Gasteiger partial charge in [-0.25, -0.2) is 4.68 Å². The maximum Gasteiger partial charge on any atom is 0.0651 e. The normalized spacial score (nSPS) is 19.2. The zero-order valence-corrected chi connectivity index (χ0v) is 14.1. The monoisotopic (exact) mass is 298 g/mol. The van der Waals surface area contributed by atoms with Crippen LogP contribution in [0.5, 0.6) is 0 Å². The van der Waals surface area contributed by atoms with Crippen LogP contribution < -0.4 is 0 Å². The first kappa shape index (κ1) is 15.3. The number of aryl methyl sites for hydroxylation is 2. The third-order valence-corrected chi connectivity index (χ3v) is 4.59. The first-order valence-electron chi connectivity index (χ1n) is 8.04. The highest BCUT2D eigenvalue weighted by Crippen LogP contribution is 2.18. The van der Waals surface area contributed by atoms with E-state index in [9.17, 15) is 0 Å². The largest absolute Gasteiger partial charge is 0.305 e. The second kappa shape index (κ2) is 6.23. The topological polar surface area (TPSA) is 24.3 Å². The summed E-state index contributed by atoms with van der Waals surface area (Å²) < 4.78 is 2.03. The highest BCUT2D eigenvalue weighted by atomic mass is 15.3. The van der Waals surface area contributed by atoms with Crippen molar-refractivity contribution < 1.29 is 0 Å². The summed E-state index contributed by atoms with van der Waals surface area (Å²) >= 11 is 0. The summed E-state index contributed by atoms with van der Waals surface area (Å²) in [5.41, 5.74) is 4.75. The molecule has 118 valence electrons. The number of benzene rings is 1. The SMILES string of the molecule is Cc1cc(C)n(-c2cccc(CN(C)[C@@H]3CCN(C)C3)c2)n1. The summed E-state index contributed by atoms with van der Waals surface area (Å²) in [5.74, 6) is 0. The lowest BCUT2D eigenvalue weighted by molar-refractivity contribution is 0.234. The number of hydrogen-bond acceptors (Lipinski definition) is 3. The number of aromatic nitrogens is 2. The van der Waals surface area contributed by atoms with Gasteiger partial charge in [0.2, 0.25) is 0 Å². The lowest BCUT2D eigenvalue weighted by atomic mass is 10.1. The molecule has 1 aromatic heterocycles. The van der Waals surface area contributed by atoms with E-state index in [1.807, 2.05) is 11.6 Å². The molecule has 0 N–H and O–H groups in total. The van der Waals surface area contributed by atoms with Crippen LogP contribution in [-0.4, -0.2) is 52.8 Å². The molecule has 1 saturated heterocycles. The maximum atomic E-state index is 4.58. The second-order valence-electron chi connectivity index (χ2n) is 6.63. The lowest BCUT2D eigenvalue weighted by Gasteiger charge is -2.24. The Kier molecular flexibility index (Phi) is 4.32. The Hall–Kier alpha value is -1.65.